The van der Waals surface area contributed by atoms with Gasteiger partial charge in [0.2, 0.25) is 0 Å². The Kier molecular flexibility index (Phi) is 5.51. The van der Waals surface area contributed by atoms with Gasteiger partial charge in [0, 0.05) is 12.3 Å². The molecule has 2 aromatic rings. The average molecular weight is 411 g/mol. The van der Waals surface area contributed by atoms with E-state index in [0.29, 0.717) is 0 Å². The lowest BCUT2D eigenvalue weighted by Crippen LogP contribution is -2.41. The van der Waals surface area contributed by atoms with Crippen molar-refractivity contribution in [2.24, 2.45) is 0 Å². The summed E-state index contributed by atoms with van der Waals surface area (Å²) in [4.78, 5) is 37.0. The molecule has 156 valence electrons. The van der Waals surface area contributed by atoms with E-state index >= 15 is 0 Å². The first-order chi connectivity index (χ1) is 14.5. The number of fused-ring (bicyclic) bond motifs is 2. The number of carbonyl (C=O) groups is 2. The lowest BCUT2D eigenvalue weighted by atomic mass is 9.93. The highest BCUT2D eigenvalue weighted by Gasteiger charge is 2.31. The maximum Gasteiger partial charge on any atom is 0.438 e. The lowest BCUT2D eigenvalue weighted by Gasteiger charge is -2.18. The number of nitrogens with zero attached hydrogens (tertiary/aromatic N) is 1. The third-order valence-electron chi connectivity index (χ3n) is 5.37. The van der Waals surface area contributed by atoms with Crippen LogP contribution in [0.1, 0.15) is 42.1 Å². The molecule has 2 atom stereocenters. The second-order valence-corrected chi connectivity index (χ2v) is 7.23. The number of rotatable bonds is 7. The van der Waals surface area contributed by atoms with Crippen LogP contribution in [0.5, 0.6) is 0 Å². The van der Waals surface area contributed by atoms with E-state index in [1.165, 1.54) is 11.1 Å². The fraction of sp³-hybridized carbons (Fsp3) is 0.333. The number of amides is 1. The Hall–Kier alpha value is -3.62. The molecule has 0 bridgehead atoms. The monoisotopic (exact) mass is 411 g/mol. The molecule has 0 radical (unpaired) electrons. The van der Waals surface area contributed by atoms with Crippen LogP contribution in [0.3, 0.4) is 0 Å². The highest BCUT2D eigenvalue weighted by atomic mass is 16.5. The number of nitrogens with one attached hydrogen (secondary N) is 2. The minimum atomic E-state index is -1.20. The molecule has 2 aliphatic carbocycles. The Morgan fingerprint density at radius 2 is 2.20 bits per heavy atom. The summed E-state index contributed by atoms with van der Waals surface area (Å²) in [5.41, 5.74) is 4.75. The number of hydrogen-bond donors (Lipinski definition) is 3. The Bertz CT molecular complexity index is 1080. The van der Waals surface area contributed by atoms with E-state index in [9.17, 15) is 19.5 Å². The van der Waals surface area contributed by atoms with Crippen LogP contribution in [0.25, 0.3) is 5.57 Å². The first-order valence-corrected chi connectivity index (χ1v) is 9.72. The number of ether oxygens (including phenoxy) is 1. The molecule has 0 aliphatic heterocycles. The zero-order chi connectivity index (χ0) is 21.1. The number of hydrogen-bond acceptors (Lipinski definition) is 6. The van der Waals surface area contributed by atoms with Crippen LogP contribution in [0.4, 0.5) is 4.79 Å². The van der Waals surface area contributed by atoms with Gasteiger partial charge < -0.3 is 15.2 Å². The summed E-state index contributed by atoms with van der Waals surface area (Å²) in [5.74, 6) is -1.77. The zero-order valence-electron chi connectivity index (χ0n) is 16.1. The van der Waals surface area contributed by atoms with Crippen molar-refractivity contribution < 1.29 is 24.0 Å². The van der Waals surface area contributed by atoms with Crippen molar-refractivity contribution in [3.05, 3.63) is 69.5 Å². The van der Waals surface area contributed by atoms with Crippen molar-refractivity contribution in [2.75, 3.05) is 6.61 Å². The van der Waals surface area contributed by atoms with E-state index < -0.39 is 23.9 Å². The maximum atomic E-state index is 12.3. The molecular formula is C21H21N3O6. The summed E-state index contributed by atoms with van der Waals surface area (Å²) in [6, 6.07) is 6.89. The Labute approximate surface area is 171 Å². The highest BCUT2D eigenvalue weighted by molar-refractivity contribution is 5.82. The van der Waals surface area contributed by atoms with Gasteiger partial charge in [-0.1, -0.05) is 41.6 Å². The summed E-state index contributed by atoms with van der Waals surface area (Å²) in [6.45, 7) is 0.120. The fourth-order valence-electron chi connectivity index (χ4n) is 3.97. The van der Waals surface area contributed by atoms with Gasteiger partial charge in [-0.05, 0) is 41.5 Å². The number of aliphatic carboxylic acids is 1. The van der Waals surface area contributed by atoms with Crippen LogP contribution >= 0.6 is 0 Å². The predicted molar refractivity (Wildman–Crippen MR) is 106 cm³/mol. The van der Waals surface area contributed by atoms with Gasteiger partial charge in [0.1, 0.15) is 12.6 Å². The van der Waals surface area contributed by atoms with E-state index in [0.717, 1.165) is 24.0 Å². The van der Waals surface area contributed by atoms with Gasteiger partial charge in [-0.3, -0.25) is 9.51 Å². The van der Waals surface area contributed by atoms with Gasteiger partial charge in [0.15, 0.2) is 5.82 Å². The smallest absolute Gasteiger partial charge is 0.438 e. The molecule has 2 aliphatic rings. The molecule has 4 rings (SSSR count). The SMILES string of the molecule is O=C(N[C@@H](CCc1noc(=O)[nH]1)C(=O)O)OCC1C2=C(CCC=C2)c2ccccc21. The van der Waals surface area contributed by atoms with Crippen LogP contribution in [0.2, 0.25) is 0 Å². The van der Waals surface area contributed by atoms with E-state index in [4.69, 9.17) is 4.74 Å². The Balaban J connectivity index is 1.37. The quantitative estimate of drug-likeness (QED) is 0.637. The molecular weight excluding hydrogens is 390 g/mol. The van der Waals surface area contributed by atoms with Crippen molar-refractivity contribution in [2.45, 2.75) is 37.6 Å². The first-order valence-electron chi connectivity index (χ1n) is 9.72. The molecule has 9 nitrogen and oxygen atoms in total. The molecule has 9 heteroatoms. The minimum Gasteiger partial charge on any atom is -0.480 e. The van der Waals surface area contributed by atoms with Crippen molar-refractivity contribution in [3.8, 4) is 0 Å². The molecule has 1 aromatic carbocycles. The second kappa shape index (κ2) is 8.40. The molecule has 1 unspecified atom stereocenters. The maximum absolute atomic E-state index is 12.3. The van der Waals surface area contributed by atoms with Crippen molar-refractivity contribution in [1.29, 1.82) is 0 Å². The number of aromatic amines is 1. The van der Waals surface area contributed by atoms with Gasteiger partial charge in [-0.2, -0.15) is 0 Å². The standard InChI is InChI=1S/C21H21N3O6/c25-19(26)17(9-10-18-23-21(28)30-24-18)22-20(27)29-11-16-14-7-3-1-5-12(14)13-6-2-4-8-15(13)16/h1,3-5,7-8,16-17H,2,6,9-11H2,(H,22,27)(H,25,26)(H,23,24,28)/t16?,17-/m0/s1. The largest absolute Gasteiger partial charge is 0.480 e. The fourth-order valence-corrected chi connectivity index (χ4v) is 3.97. The normalized spacial score (nSPS) is 17.9. The summed E-state index contributed by atoms with van der Waals surface area (Å²) in [5, 5.41) is 15.2. The van der Waals surface area contributed by atoms with Crippen LogP contribution in [-0.2, 0) is 16.0 Å². The number of aryl methyl sites for hydroxylation is 1. The van der Waals surface area contributed by atoms with Crippen LogP contribution < -0.4 is 11.1 Å². The highest BCUT2D eigenvalue weighted by Crippen LogP contribution is 2.46. The number of alkyl carbamates (subject to hydrolysis) is 1. The molecule has 0 saturated heterocycles. The van der Waals surface area contributed by atoms with Crippen LogP contribution in [0, 0.1) is 0 Å². The predicted octanol–water partition coefficient (Wildman–Crippen LogP) is 2.38. The van der Waals surface area contributed by atoms with Crippen LogP contribution in [-0.4, -0.2) is 40.0 Å². The van der Waals surface area contributed by atoms with E-state index in [1.54, 1.807) is 0 Å². The molecule has 1 aromatic heterocycles. The van der Waals surface area contributed by atoms with Crippen molar-refractivity contribution in [1.82, 2.24) is 15.5 Å². The molecule has 3 N–H and O–H groups in total. The van der Waals surface area contributed by atoms with E-state index in [-0.39, 0.29) is 31.2 Å². The number of H-pyrrole nitrogens is 1. The molecule has 1 heterocycles. The topological polar surface area (TPSA) is 135 Å². The molecule has 1 amide bonds. The third-order valence-corrected chi connectivity index (χ3v) is 5.37. The summed E-state index contributed by atoms with van der Waals surface area (Å²) in [7, 11) is 0. The number of carbonyl (C=O) groups excluding carboxylic acids is 1. The molecule has 0 fully saturated rings. The number of aromatic nitrogens is 2. The lowest BCUT2D eigenvalue weighted by molar-refractivity contribution is -0.139. The molecule has 0 spiro atoms. The van der Waals surface area contributed by atoms with Crippen molar-refractivity contribution in [3.63, 3.8) is 0 Å². The summed E-state index contributed by atoms with van der Waals surface area (Å²) >= 11 is 0. The zero-order valence-corrected chi connectivity index (χ0v) is 16.1. The second-order valence-electron chi connectivity index (χ2n) is 7.23. The van der Waals surface area contributed by atoms with Gasteiger partial charge in [-0.15, -0.1) is 0 Å². The molecule has 30 heavy (non-hydrogen) atoms. The number of carboxylic acids is 1. The van der Waals surface area contributed by atoms with E-state index in [1.807, 2.05) is 18.2 Å². The summed E-state index contributed by atoms with van der Waals surface area (Å²) in [6.07, 6.45) is 5.49. The van der Waals surface area contributed by atoms with E-state index in [2.05, 4.69) is 38.2 Å². The first kappa shape index (κ1) is 19.7. The van der Waals surface area contributed by atoms with Gasteiger partial charge in [0.25, 0.3) is 0 Å². The third kappa shape index (κ3) is 4.05. The molecule has 0 saturated carbocycles. The number of carboxylic acid groups (broad SMARTS) is 1. The van der Waals surface area contributed by atoms with Gasteiger partial charge in [0.05, 0.1) is 0 Å². The number of benzene rings is 1. The van der Waals surface area contributed by atoms with Crippen molar-refractivity contribution >= 4 is 17.6 Å². The summed E-state index contributed by atoms with van der Waals surface area (Å²) < 4.78 is 9.77. The minimum absolute atomic E-state index is 0.0250. The average Bonchev–Trinajstić information content (AvgIpc) is 3.30. The van der Waals surface area contributed by atoms with Gasteiger partial charge in [-0.25, -0.2) is 14.4 Å². The van der Waals surface area contributed by atoms with Crippen LogP contribution in [0.15, 0.2) is 51.3 Å². The Morgan fingerprint density at radius 3 is 2.97 bits per heavy atom. The van der Waals surface area contributed by atoms with Gasteiger partial charge >= 0.3 is 17.8 Å². The Morgan fingerprint density at radius 1 is 1.37 bits per heavy atom. The number of allylic oxidation sites excluding steroid dienone is 3.